The first kappa shape index (κ1) is 25.8. The molecule has 3 unspecified atom stereocenters. The number of ether oxygens (including phenoxy) is 2. The molecule has 0 amide bonds. The van der Waals surface area contributed by atoms with Gasteiger partial charge in [0.25, 0.3) is 0 Å². The van der Waals surface area contributed by atoms with E-state index in [1.807, 2.05) is 18.3 Å². The number of anilines is 2. The number of nitrogens with zero attached hydrogens (tertiary/aromatic N) is 3. The predicted octanol–water partition coefficient (Wildman–Crippen LogP) is 8.28. The number of aliphatic imine (C=N–C) groups is 1. The van der Waals surface area contributed by atoms with Crippen LogP contribution in [0.15, 0.2) is 138 Å². The fraction of sp³-hybridized carbons (Fsp3) is 0.175. The van der Waals surface area contributed by atoms with E-state index in [1.54, 1.807) is 0 Å². The Morgan fingerprint density at radius 1 is 0.870 bits per heavy atom. The van der Waals surface area contributed by atoms with E-state index in [0.29, 0.717) is 5.92 Å². The van der Waals surface area contributed by atoms with Crippen molar-refractivity contribution in [2.75, 3.05) is 18.0 Å². The van der Waals surface area contributed by atoms with Gasteiger partial charge in [0.2, 0.25) is 0 Å². The monoisotopic (exact) mass is 600 g/mol. The molecule has 1 fully saturated rings. The fourth-order valence-corrected chi connectivity index (χ4v) is 8.16. The topological polar surface area (TPSA) is 49.3 Å². The highest BCUT2D eigenvalue weighted by atomic mass is 16.5. The second-order valence-corrected chi connectivity index (χ2v) is 13.0. The molecule has 5 heterocycles. The maximum absolute atomic E-state index is 7.14. The van der Waals surface area contributed by atoms with E-state index in [1.165, 1.54) is 11.3 Å². The van der Waals surface area contributed by atoms with Gasteiger partial charge in [0.05, 0.1) is 5.41 Å². The Kier molecular flexibility index (Phi) is 5.20. The van der Waals surface area contributed by atoms with E-state index < -0.39 is 5.41 Å². The van der Waals surface area contributed by atoms with E-state index in [9.17, 15) is 0 Å². The van der Waals surface area contributed by atoms with Crippen LogP contribution in [0.1, 0.15) is 36.0 Å². The molecule has 0 aromatic heterocycles. The van der Waals surface area contributed by atoms with Crippen LogP contribution in [0.3, 0.4) is 0 Å². The van der Waals surface area contributed by atoms with Gasteiger partial charge in [0.15, 0.2) is 0 Å². The molecule has 5 aliphatic heterocycles. The number of amidine groups is 1. The molecule has 4 aromatic rings. The highest BCUT2D eigenvalue weighted by Gasteiger charge is 2.64. The molecule has 6 nitrogen and oxygen atoms in total. The van der Waals surface area contributed by atoms with Crippen LogP contribution in [0.4, 0.5) is 11.4 Å². The van der Waals surface area contributed by atoms with Crippen molar-refractivity contribution >= 4 is 17.2 Å². The van der Waals surface area contributed by atoms with Crippen LogP contribution < -0.4 is 19.7 Å². The quantitative estimate of drug-likeness (QED) is 0.251. The SMILES string of the molecule is CC12CC=CC=C1Oc1cc(N3c4ccccc4C4CN5C=CC453)ccc1-c1ccc(C3=NC=CCN3)cc1Oc1ccccc12. The molecule has 1 N–H and O–H groups in total. The van der Waals surface area contributed by atoms with Gasteiger partial charge in [-0.05, 0) is 73.5 Å². The highest BCUT2D eigenvalue weighted by molar-refractivity contribution is 6.01. The predicted molar refractivity (Wildman–Crippen MR) is 182 cm³/mol. The highest BCUT2D eigenvalue weighted by Crippen LogP contribution is 2.63. The van der Waals surface area contributed by atoms with Crippen molar-refractivity contribution in [2.45, 2.75) is 30.3 Å². The van der Waals surface area contributed by atoms with Gasteiger partial charge in [0, 0.05) is 71.1 Å². The van der Waals surface area contributed by atoms with E-state index >= 15 is 0 Å². The van der Waals surface area contributed by atoms with Gasteiger partial charge in [-0.3, -0.25) is 0 Å². The van der Waals surface area contributed by atoms with Crippen LogP contribution in [0.25, 0.3) is 11.1 Å². The van der Waals surface area contributed by atoms with Crippen molar-refractivity contribution in [2.24, 2.45) is 4.99 Å². The molecular formula is C40H32N4O2. The zero-order valence-corrected chi connectivity index (χ0v) is 25.5. The van der Waals surface area contributed by atoms with Crippen molar-refractivity contribution in [3.05, 3.63) is 150 Å². The summed E-state index contributed by atoms with van der Waals surface area (Å²) >= 11 is 0. The van der Waals surface area contributed by atoms with Crippen LogP contribution >= 0.6 is 0 Å². The van der Waals surface area contributed by atoms with Gasteiger partial charge in [-0.2, -0.15) is 0 Å². The maximum Gasteiger partial charge on any atom is 0.147 e. The summed E-state index contributed by atoms with van der Waals surface area (Å²) in [4.78, 5) is 9.56. The Hall–Kier alpha value is -5.49. The molecule has 6 heteroatoms. The molecule has 46 heavy (non-hydrogen) atoms. The normalized spacial score (nSPS) is 25.6. The molecule has 4 aromatic carbocycles. The van der Waals surface area contributed by atoms with Crippen molar-refractivity contribution < 1.29 is 9.47 Å². The smallest absolute Gasteiger partial charge is 0.147 e. The fourth-order valence-electron chi connectivity index (χ4n) is 8.16. The number of rotatable bonds is 2. The third-order valence-corrected chi connectivity index (χ3v) is 10.6. The van der Waals surface area contributed by atoms with Gasteiger partial charge in [-0.15, -0.1) is 0 Å². The molecule has 0 bridgehead atoms. The molecular weight excluding hydrogens is 568 g/mol. The summed E-state index contributed by atoms with van der Waals surface area (Å²) in [7, 11) is 0. The lowest BCUT2D eigenvalue weighted by Gasteiger charge is -2.62. The summed E-state index contributed by atoms with van der Waals surface area (Å²) in [6.45, 7) is 4.05. The number of allylic oxidation sites excluding steroid dienone is 4. The Bertz CT molecular complexity index is 2130. The van der Waals surface area contributed by atoms with Crippen LogP contribution in [0, 0.1) is 0 Å². The minimum Gasteiger partial charge on any atom is -0.460 e. The van der Waals surface area contributed by atoms with Gasteiger partial charge in [0.1, 0.15) is 34.5 Å². The maximum atomic E-state index is 7.14. The van der Waals surface area contributed by atoms with Crippen molar-refractivity contribution in [1.82, 2.24) is 10.2 Å². The minimum absolute atomic E-state index is 0.147. The molecule has 224 valence electrons. The van der Waals surface area contributed by atoms with Crippen LogP contribution in [-0.4, -0.2) is 29.5 Å². The Morgan fingerprint density at radius 3 is 2.57 bits per heavy atom. The first-order valence-corrected chi connectivity index (χ1v) is 16.1. The number of benzene rings is 4. The van der Waals surface area contributed by atoms with E-state index in [2.05, 4.69) is 136 Å². The van der Waals surface area contributed by atoms with Gasteiger partial charge in [-0.25, -0.2) is 4.99 Å². The largest absolute Gasteiger partial charge is 0.460 e. The first-order valence-electron chi connectivity index (χ1n) is 16.1. The van der Waals surface area contributed by atoms with Crippen LogP contribution in [0.5, 0.6) is 17.2 Å². The standard InChI is InChI=1S/C40H32N4O2/c1-39-18-7-6-13-37(39)46-36-24-27(44-33-11-4-2-9-30(33)32-25-43-22-19-40(32,43)44)15-17-29(36)28-16-14-26(38-41-20-8-21-42-38)23-35(28)45-34-12-5-3-10-31(34)39/h2-17,19-20,22-24,32H,18,21,25H2,1H3,(H,41,42). The number of hydrogen-bond donors (Lipinski definition) is 1. The average Bonchev–Trinajstić information content (AvgIpc) is 3.37. The Balaban J connectivity index is 1.19. The van der Waals surface area contributed by atoms with Crippen molar-refractivity contribution in [3.63, 3.8) is 0 Å². The minimum atomic E-state index is -0.418. The summed E-state index contributed by atoms with van der Waals surface area (Å²) in [6, 6.07) is 30.2. The van der Waals surface area contributed by atoms with Crippen LogP contribution in [0.2, 0.25) is 0 Å². The second-order valence-electron chi connectivity index (χ2n) is 13.0. The average molecular weight is 601 g/mol. The van der Waals surface area contributed by atoms with E-state index in [-0.39, 0.29) is 5.66 Å². The zero-order valence-electron chi connectivity index (χ0n) is 25.5. The summed E-state index contributed by atoms with van der Waals surface area (Å²) in [6.07, 6.45) is 15.7. The molecule has 0 radical (unpaired) electrons. The summed E-state index contributed by atoms with van der Waals surface area (Å²) < 4.78 is 14.1. The first-order chi connectivity index (χ1) is 22.6. The number of nitrogens with one attached hydrogen (secondary N) is 1. The number of hydrogen-bond acceptors (Lipinski definition) is 6. The Labute approximate surface area is 268 Å². The lowest BCUT2D eigenvalue weighted by Crippen LogP contribution is -2.71. The summed E-state index contributed by atoms with van der Waals surface area (Å²) in [5, 5.41) is 3.40. The number of fused-ring (bicyclic) bond motifs is 8. The summed E-state index contributed by atoms with van der Waals surface area (Å²) in [5.74, 6) is 4.59. The van der Waals surface area contributed by atoms with Gasteiger partial charge in [-0.1, -0.05) is 54.6 Å². The molecule has 1 spiro atoms. The lowest BCUT2D eigenvalue weighted by molar-refractivity contribution is 0.0273. The van der Waals surface area contributed by atoms with Crippen molar-refractivity contribution in [3.8, 4) is 28.4 Å². The zero-order chi connectivity index (χ0) is 30.5. The third kappa shape index (κ3) is 3.39. The Morgan fingerprint density at radius 2 is 1.72 bits per heavy atom. The molecule has 0 saturated carbocycles. The molecule has 1 saturated heterocycles. The third-order valence-electron chi connectivity index (χ3n) is 10.6. The molecule has 10 rings (SSSR count). The number of para-hydroxylation sites is 2. The second kappa shape index (κ2) is 9.27. The molecule has 3 atom stereocenters. The molecule has 6 aliphatic rings. The summed E-state index contributed by atoms with van der Waals surface area (Å²) in [5.41, 5.74) is 7.24. The molecule has 1 aliphatic carbocycles. The van der Waals surface area contributed by atoms with Crippen LogP contribution in [-0.2, 0) is 5.41 Å². The van der Waals surface area contributed by atoms with E-state index in [4.69, 9.17) is 9.47 Å². The van der Waals surface area contributed by atoms with Gasteiger partial charge >= 0.3 is 0 Å². The van der Waals surface area contributed by atoms with Crippen molar-refractivity contribution in [1.29, 1.82) is 0 Å². The van der Waals surface area contributed by atoms with Gasteiger partial charge < -0.3 is 24.6 Å². The lowest BCUT2D eigenvalue weighted by atomic mass is 9.75. The van der Waals surface area contributed by atoms with E-state index in [0.717, 1.165) is 76.3 Å².